The maximum Gasteiger partial charge on any atom is 0.228 e. The first-order valence-corrected chi connectivity index (χ1v) is 10.0. The van der Waals surface area contributed by atoms with Crippen LogP contribution in [0.4, 0.5) is 0 Å². The normalized spacial score (nSPS) is 15.2. The van der Waals surface area contributed by atoms with Gasteiger partial charge in [-0.05, 0) is 47.1 Å². The molecule has 2 aliphatic rings. The summed E-state index contributed by atoms with van der Waals surface area (Å²) in [4.78, 5) is 12.8. The fourth-order valence-electron chi connectivity index (χ4n) is 3.25. The van der Waals surface area contributed by atoms with Crippen molar-refractivity contribution in [3.8, 4) is 5.75 Å². The number of ketones is 1. The van der Waals surface area contributed by atoms with Crippen molar-refractivity contribution in [2.75, 3.05) is 26.3 Å². The molecule has 0 saturated carbocycles. The van der Waals surface area contributed by atoms with Crippen LogP contribution < -0.4 is 15.4 Å². The number of hydrogen-bond donors (Lipinski definition) is 2. The highest BCUT2D eigenvalue weighted by Gasteiger charge is 2.29. The van der Waals surface area contributed by atoms with Gasteiger partial charge in [-0.25, -0.2) is 0 Å². The Morgan fingerprint density at radius 1 is 0.893 bits per heavy atom. The van der Waals surface area contributed by atoms with Crippen LogP contribution in [-0.4, -0.2) is 44.2 Å². The Morgan fingerprint density at radius 3 is 2.25 bits per heavy atom. The summed E-state index contributed by atoms with van der Waals surface area (Å²) in [5.41, 5.74) is 3.73. The molecule has 0 aromatic heterocycles. The fraction of sp³-hybridized carbons (Fsp3) is 0.435. The highest BCUT2D eigenvalue weighted by molar-refractivity contribution is 6.25. The minimum atomic E-state index is -0.0538. The van der Waals surface area contributed by atoms with Crippen LogP contribution in [0.5, 0.6) is 5.75 Å². The van der Waals surface area contributed by atoms with Crippen LogP contribution in [0.2, 0.25) is 0 Å². The first-order chi connectivity index (χ1) is 13.5. The second-order valence-electron chi connectivity index (χ2n) is 7.66. The minimum absolute atomic E-state index is 0.0538. The second kappa shape index (κ2) is 9.22. The lowest BCUT2D eigenvalue weighted by Crippen LogP contribution is -2.27. The molecule has 0 bridgehead atoms. The monoisotopic (exact) mass is 382 g/mol. The van der Waals surface area contributed by atoms with Gasteiger partial charge in [-0.1, -0.05) is 33.8 Å². The van der Waals surface area contributed by atoms with Crippen molar-refractivity contribution in [2.45, 2.75) is 39.8 Å². The summed E-state index contributed by atoms with van der Waals surface area (Å²) in [5, 5.41) is 6.61. The number of allylic oxidation sites excluding steroid dienone is 4. The Morgan fingerprint density at radius 2 is 1.57 bits per heavy atom. The minimum Gasteiger partial charge on any atom is -0.492 e. The first-order valence-electron chi connectivity index (χ1n) is 10.0. The molecule has 5 heteroatoms. The zero-order chi connectivity index (χ0) is 20.1. The van der Waals surface area contributed by atoms with Crippen molar-refractivity contribution in [2.24, 2.45) is 0 Å². The smallest absolute Gasteiger partial charge is 0.228 e. The first kappa shape index (κ1) is 20.4. The zero-order valence-electron chi connectivity index (χ0n) is 17.2. The molecule has 2 aliphatic carbocycles. The average molecular weight is 383 g/mol. The van der Waals surface area contributed by atoms with Crippen LogP contribution in [0.1, 0.15) is 38.8 Å². The summed E-state index contributed by atoms with van der Waals surface area (Å²) in [6.45, 7) is 11.0. The molecule has 0 heterocycles. The number of benzene rings is 1. The van der Waals surface area contributed by atoms with Gasteiger partial charge in [0, 0.05) is 30.7 Å². The second-order valence-corrected chi connectivity index (χ2v) is 7.66. The molecule has 5 nitrogen and oxygen atoms in total. The van der Waals surface area contributed by atoms with Crippen molar-refractivity contribution in [3.63, 3.8) is 0 Å². The zero-order valence-corrected chi connectivity index (χ0v) is 17.2. The van der Waals surface area contributed by atoms with Crippen molar-refractivity contribution in [3.05, 3.63) is 52.8 Å². The summed E-state index contributed by atoms with van der Waals surface area (Å²) < 4.78 is 11.5. The number of rotatable bonds is 10. The van der Waals surface area contributed by atoms with Crippen LogP contribution >= 0.6 is 0 Å². The summed E-state index contributed by atoms with van der Waals surface area (Å²) >= 11 is 0. The van der Waals surface area contributed by atoms with Crippen molar-refractivity contribution < 1.29 is 14.3 Å². The lowest BCUT2D eigenvalue weighted by atomic mass is 9.95. The maximum absolute atomic E-state index is 12.8. The topological polar surface area (TPSA) is 59.6 Å². The molecule has 0 amide bonds. The molecule has 3 rings (SSSR count). The van der Waals surface area contributed by atoms with E-state index < -0.39 is 0 Å². The Kier molecular flexibility index (Phi) is 6.70. The molecule has 150 valence electrons. The van der Waals surface area contributed by atoms with Gasteiger partial charge in [0.1, 0.15) is 19.0 Å². The Labute approximate surface area is 167 Å². The molecule has 28 heavy (non-hydrogen) atoms. The molecule has 2 N–H and O–H groups in total. The molecule has 0 unspecified atom stereocenters. The van der Waals surface area contributed by atoms with Gasteiger partial charge in [0.25, 0.3) is 0 Å². The number of fused-ring (bicyclic) bond motifs is 3. The number of Topliss-reactive ketones (excluding diaryl/α,β-unsaturated/α-hetero) is 1. The molecule has 0 fully saturated rings. The molecule has 0 saturated heterocycles. The van der Waals surface area contributed by atoms with Crippen LogP contribution in [0.25, 0.3) is 11.6 Å². The fourth-order valence-corrected chi connectivity index (χ4v) is 3.25. The predicted molar refractivity (Wildman–Crippen MR) is 113 cm³/mol. The standard InChI is InChI=1S/C23H30N2O3/c1-15(2)24-9-11-27-18-5-6-19-17(13-18)14-21-20(19)7-8-22(23(21)26)28-12-10-25-16(3)4/h5-8,13-16,24-25H,9-12H2,1-4H3. The highest BCUT2D eigenvalue weighted by atomic mass is 16.5. The van der Waals surface area contributed by atoms with Gasteiger partial charge in [0.05, 0.1) is 0 Å². The largest absolute Gasteiger partial charge is 0.492 e. The van der Waals surface area contributed by atoms with Crippen LogP contribution in [0, 0.1) is 0 Å². The van der Waals surface area contributed by atoms with E-state index in [2.05, 4.69) is 38.3 Å². The molecule has 0 radical (unpaired) electrons. The van der Waals surface area contributed by atoms with Gasteiger partial charge >= 0.3 is 0 Å². The number of carbonyl (C=O) groups excluding carboxylic acids is 1. The number of nitrogens with one attached hydrogen (secondary N) is 2. The summed E-state index contributed by atoms with van der Waals surface area (Å²) in [5.74, 6) is 1.17. The molecule has 1 aromatic rings. The van der Waals surface area contributed by atoms with Crippen LogP contribution in [-0.2, 0) is 9.53 Å². The lowest BCUT2D eigenvalue weighted by Gasteiger charge is -2.16. The quantitative estimate of drug-likeness (QED) is 0.608. The van der Waals surface area contributed by atoms with E-state index in [0.29, 0.717) is 43.2 Å². The molecule has 0 spiro atoms. The van der Waals surface area contributed by atoms with E-state index in [1.165, 1.54) is 0 Å². The van der Waals surface area contributed by atoms with Gasteiger partial charge in [-0.3, -0.25) is 4.79 Å². The van der Waals surface area contributed by atoms with Gasteiger partial charge in [-0.15, -0.1) is 0 Å². The highest BCUT2D eigenvalue weighted by Crippen LogP contribution is 2.40. The van der Waals surface area contributed by atoms with Crippen molar-refractivity contribution >= 4 is 17.4 Å². The van der Waals surface area contributed by atoms with E-state index in [1.807, 2.05) is 30.4 Å². The van der Waals surface area contributed by atoms with E-state index in [-0.39, 0.29) is 5.78 Å². The Balaban J connectivity index is 1.63. The molecular weight excluding hydrogens is 352 g/mol. The van der Waals surface area contributed by atoms with Crippen molar-refractivity contribution in [1.82, 2.24) is 10.6 Å². The van der Waals surface area contributed by atoms with E-state index in [1.54, 1.807) is 6.08 Å². The van der Waals surface area contributed by atoms with Gasteiger partial charge in [0.15, 0.2) is 5.76 Å². The Hall–Kier alpha value is -2.37. The van der Waals surface area contributed by atoms with Crippen LogP contribution in [0.3, 0.4) is 0 Å². The summed E-state index contributed by atoms with van der Waals surface area (Å²) in [7, 11) is 0. The van der Waals surface area contributed by atoms with E-state index in [4.69, 9.17) is 9.47 Å². The summed E-state index contributed by atoms with van der Waals surface area (Å²) in [6, 6.07) is 6.83. The molecule has 0 atom stereocenters. The third kappa shape index (κ3) is 4.91. The lowest BCUT2D eigenvalue weighted by molar-refractivity contribution is -0.115. The summed E-state index contributed by atoms with van der Waals surface area (Å²) in [6.07, 6.45) is 5.68. The predicted octanol–water partition coefficient (Wildman–Crippen LogP) is 3.33. The van der Waals surface area contributed by atoms with E-state index in [9.17, 15) is 4.79 Å². The maximum atomic E-state index is 12.8. The van der Waals surface area contributed by atoms with E-state index >= 15 is 0 Å². The molecule has 1 aromatic carbocycles. The van der Waals surface area contributed by atoms with Crippen LogP contribution in [0.15, 0.2) is 41.7 Å². The van der Waals surface area contributed by atoms with Gasteiger partial charge < -0.3 is 20.1 Å². The third-order valence-corrected chi connectivity index (χ3v) is 4.61. The third-order valence-electron chi connectivity index (χ3n) is 4.61. The number of hydrogen-bond acceptors (Lipinski definition) is 5. The van der Waals surface area contributed by atoms with E-state index in [0.717, 1.165) is 29.0 Å². The number of carbonyl (C=O) groups is 1. The van der Waals surface area contributed by atoms with Gasteiger partial charge in [-0.2, -0.15) is 0 Å². The molecule has 0 aliphatic heterocycles. The number of ether oxygens (including phenoxy) is 2. The van der Waals surface area contributed by atoms with Gasteiger partial charge in [0.2, 0.25) is 5.78 Å². The molecular formula is C23H30N2O3. The Bertz CT molecular complexity index is 819. The average Bonchev–Trinajstić information content (AvgIpc) is 3.02. The SMILES string of the molecule is CC(C)NCCOC1=CC=C2C(=Cc3cc(OCCNC(C)C)ccc32)C1=O. The van der Waals surface area contributed by atoms with Crippen molar-refractivity contribution in [1.29, 1.82) is 0 Å².